The van der Waals surface area contributed by atoms with Crippen LogP contribution in [-0.2, 0) is 19.1 Å². The first-order valence-electron chi connectivity index (χ1n) is 9.29. The highest BCUT2D eigenvalue weighted by molar-refractivity contribution is 6.00. The highest BCUT2D eigenvalue weighted by Crippen LogP contribution is 2.54. The molecular formula is C21H24O6. The van der Waals surface area contributed by atoms with Crippen LogP contribution in [0.15, 0.2) is 29.5 Å². The van der Waals surface area contributed by atoms with Crippen LogP contribution in [0.25, 0.3) is 0 Å². The number of fused-ring (bicyclic) bond motifs is 5. The number of ketones is 1. The Morgan fingerprint density at radius 2 is 2.04 bits per heavy atom. The third kappa shape index (κ3) is 2.87. The van der Waals surface area contributed by atoms with E-state index in [4.69, 9.17) is 18.9 Å². The van der Waals surface area contributed by atoms with Crippen molar-refractivity contribution in [2.45, 2.75) is 45.8 Å². The number of esters is 1. The SMILES string of the molecule is CCOC(=O)[C@@H]1[C@@H]2OC3=C(C(=O)CC(C)(C)C3)[C@H]1c1ccc(OC)cc1O2. The number of ether oxygens (including phenoxy) is 4. The molecule has 3 atom stereocenters. The minimum absolute atomic E-state index is 0.0302. The summed E-state index contributed by atoms with van der Waals surface area (Å²) in [5, 5.41) is 0. The fraction of sp³-hybridized carbons (Fsp3) is 0.524. The molecule has 1 aromatic carbocycles. The molecule has 0 saturated carbocycles. The number of hydrogen-bond acceptors (Lipinski definition) is 6. The van der Waals surface area contributed by atoms with Crippen molar-refractivity contribution in [3.63, 3.8) is 0 Å². The van der Waals surface area contributed by atoms with Crippen LogP contribution in [0.5, 0.6) is 11.5 Å². The highest BCUT2D eigenvalue weighted by atomic mass is 16.7. The average molecular weight is 372 g/mol. The van der Waals surface area contributed by atoms with Gasteiger partial charge in [-0.1, -0.05) is 19.9 Å². The molecule has 4 rings (SSSR count). The van der Waals surface area contributed by atoms with Crippen LogP contribution in [0, 0.1) is 11.3 Å². The molecule has 6 heteroatoms. The minimum Gasteiger partial charge on any atom is -0.497 e. The lowest BCUT2D eigenvalue weighted by Gasteiger charge is -2.46. The summed E-state index contributed by atoms with van der Waals surface area (Å²) in [6.07, 6.45) is 0.262. The van der Waals surface area contributed by atoms with E-state index in [2.05, 4.69) is 0 Å². The van der Waals surface area contributed by atoms with E-state index in [9.17, 15) is 9.59 Å². The van der Waals surface area contributed by atoms with Crippen molar-refractivity contribution in [1.29, 1.82) is 0 Å². The van der Waals surface area contributed by atoms with Crippen LogP contribution in [0.3, 0.4) is 0 Å². The highest BCUT2D eigenvalue weighted by Gasteiger charge is 2.54. The second kappa shape index (κ2) is 6.29. The van der Waals surface area contributed by atoms with Gasteiger partial charge in [-0.05, 0) is 18.4 Å². The summed E-state index contributed by atoms with van der Waals surface area (Å²) >= 11 is 0. The number of hydrogen-bond donors (Lipinski definition) is 0. The Labute approximate surface area is 158 Å². The Hall–Kier alpha value is -2.50. The van der Waals surface area contributed by atoms with Crippen LogP contribution >= 0.6 is 0 Å². The Bertz CT molecular complexity index is 837. The summed E-state index contributed by atoms with van der Waals surface area (Å²) in [6, 6.07) is 5.45. The molecule has 0 spiro atoms. The lowest BCUT2D eigenvalue weighted by Crippen LogP contribution is -2.49. The number of Topliss-reactive ketones (excluding diaryl/α,β-unsaturated/α-hetero) is 1. The lowest BCUT2D eigenvalue weighted by atomic mass is 9.67. The molecule has 0 unspecified atom stereocenters. The van der Waals surface area contributed by atoms with Crippen molar-refractivity contribution >= 4 is 11.8 Å². The predicted molar refractivity (Wildman–Crippen MR) is 96.4 cm³/mol. The maximum absolute atomic E-state index is 13.0. The monoisotopic (exact) mass is 372 g/mol. The van der Waals surface area contributed by atoms with Gasteiger partial charge in [0.1, 0.15) is 23.2 Å². The second-order valence-corrected chi connectivity index (χ2v) is 8.04. The number of allylic oxidation sites excluding steroid dienone is 2. The molecule has 1 aromatic rings. The maximum Gasteiger partial charge on any atom is 0.317 e. The van der Waals surface area contributed by atoms with Gasteiger partial charge >= 0.3 is 5.97 Å². The molecule has 0 radical (unpaired) electrons. The van der Waals surface area contributed by atoms with Gasteiger partial charge in [0.15, 0.2) is 5.78 Å². The van der Waals surface area contributed by atoms with E-state index in [0.29, 0.717) is 35.7 Å². The van der Waals surface area contributed by atoms with Gasteiger partial charge in [0.2, 0.25) is 0 Å². The van der Waals surface area contributed by atoms with Gasteiger partial charge in [0, 0.05) is 36.0 Å². The van der Waals surface area contributed by atoms with Crippen LogP contribution in [0.2, 0.25) is 0 Å². The number of carbonyl (C=O) groups excluding carboxylic acids is 2. The normalized spacial score (nSPS) is 27.7. The van der Waals surface area contributed by atoms with Gasteiger partial charge < -0.3 is 18.9 Å². The van der Waals surface area contributed by atoms with E-state index >= 15 is 0 Å². The topological polar surface area (TPSA) is 71.1 Å². The molecule has 2 aliphatic heterocycles. The summed E-state index contributed by atoms with van der Waals surface area (Å²) < 4.78 is 22.7. The molecule has 2 bridgehead atoms. The molecule has 2 heterocycles. The van der Waals surface area contributed by atoms with Gasteiger partial charge in [-0.3, -0.25) is 9.59 Å². The van der Waals surface area contributed by atoms with Crippen LogP contribution < -0.4 is 9.47 Å². The van der Waals surface area contributed by atoms with Crippen molar-refractivity contribution in [1.82, 2.24) is 0 Å². The van der Waals surface area contributed by atoms with Crippen LogP contribution in [0.4, 0.5) is 0 Å². The summed E-state index contributed by atoms with van der Waals surface area (Å²) in [6.45, 7) is 6.11. The smallest absolute Gasteiger partial charge is 0.317 e. The van der Waals surface area contributed by atoms with Gasteiger partial charge in [-0.25, -0.2) is 0 Å². The van der Waals surface area contributed by atoms with E-state index in [-0.39, 0.29) is 17.8 Å². The number of benzene rings is 1. The molecule has 27 heavy (non-hydrogen) atoms. The van der Waals surface area contributed by atoms with E-state index < -0.39 is 24.1 Å². The van der Waals surface area contributed by atoms with E-state index in [1.807, 2.05) is 26.0 Å². The standard InChI is InChI=1S/C21H24O6/c1-5-25-19(23)18-16-12-7-6-11(24-4)8-14(12)26-20(18)27-15-10-21(2,3)9-13(22)17(15)16/h6-8,16,18,20H,5,9-10H2,1-4H3/t16-,18-,20+/m1/s1. The van der Waals surface area contributed by atoms with Gasteiger partial charge in [-0.2, -0.15) is 0 Å². The maximum atomic E-state index is 13.0. The quantitative estimate of drug-likeness (QED) is 0.758. The minimum atomic E-state index is -0.811. The molecule has 6 nitrogen and oxygen atoms in total. The van der Waals surface area contributed by atoms with Gasteiger partial charge in [0.25, 0.3) is 6.29 Å². The fourth-order valence-corrected chi connectivity index (χ4v) is 4.34. The Kier molecular flexibility index (Phi) is 4.17. The number of rotatable bonds is 3. The molecule has 3 aliphatic rings. The summed E-state index contributed by atoms with van der Waals surface area (Å²) in [5.74, 6) is 0.376. The second-order valence-electron chi connectivity index (χ2n) is 8.04. The zero-order valence-electron chi connectivity index (χ0n) is 16.0. The third-order valence-corrected chi connectivity index (χ3v) is 5.46. The molecular weight excluding hydrogens is 348 g/mol. The van der Waals surface area contributed by atoms with Gasteiger partial charge in [0.05, 0.1) is 13.7 Å². The number of carbonyl (C=O) groups is 2. The zero-order valence-corrected chi connectivity index (χ0v) is 16.0. The molecule has 0 fully saturated rings. The first kappa shape index (κ1) is 17.9. The van der Waals surface area contributed by atoms with Crippen molar-refractivity contribution in [2.24, 2.45) is 11.3 Å². The van der Waals surface area contributed by atoms with Crippen molar-refractivity contribution in [2.75, 3.05) is 13.7 Å². The van der Waals surface area contributed by atoms with Crippen molar-refractivity contribution in [3.05, 3.63) is 35.1 Å². The Balaban J connectivity index is 1.87. The number of methoxy groups -OCH3 is 1. The largest absolute Gasteiger partial charge is 0.497 e. The summed E-state index contributed by atoms with van der Waals surface area (Å²) in [5.41, 5.74) is 1.22. The van der Waals surface area contributed by atoms with E-state index in [0.717, 1.165) is 5.56 Å². The lowest BCUT2D eigenvalue weighted by molar-refractivity contribution is -0.174. The van der Waals surface area contributed by atoms with Crippen LogP contribution in [-0.4, -0.2) is 31.8 Å². The molecule has 0 amide bonds. The average Bonchev–Trinajstić information content (AvgIpc) is 2.59. The fourth-order valence-electron chi connectivity index (χ4n) is 4.34. The van der Waals surface area contributed by atoms with E-state index in [1.54, 1.807) is 20.1 Å². The molecule has 0 N–H and O–H groups in total. The zero-order chi connectivity index (χ0) is 19.3. The van der Waals surface area contributed by atoms with Crippen LogP contribution in [0.1, 0.15) is 45.1 Å². The third-order valence-electron chi connectivity index (χ3n) is 5.46. The molecule has 0 saturated heterocycles. The molecule has 1 aliphatic carbocycles. The van der Waals surface area contributed by atoms with Crippen molar-refractivity contribution < 1.29 is 28.5 Å². The summed E-state index contributed by atoms with van der Waals surface area (Å²) in [4.78, 5) is 25.8. The summed E-state index contributed by atoms with van der Waals surface area (Å²) in [7, 11) is 1.58. The Morgan fingerprint density at radius 3 is 2.74 bits per heavy atom. The first-order chi connectivity index (χ1) is 12.8. The molecule has 144 valence electrons. The molecule has 0 aromatic heterocycles. The van der Waals surface area contributed by atoms with Gasteiger partial charge in [-0.15, -0.1) is 0 Å². The predicted octanol–water partition coefficient (Wildman–Crippen LogP) is 3.35. The van der Waals surface area contributed by atoms with E-state index in [1.165, 1.54) is 0 Å². The van der Waals surface area contributed by atoms with Crippen molar-refractivity contribution in [3.8, 4) is 11.5 Å². The Morgan fingerprint density at radius 1 is 1.26 bits per heavy atom. The first-order valence-corrected chi connectivity index (χ1v) is 9.29.